The summed E-state index contributed by atoms with van der Waals surface area (Å²) in [6.07, 6.45) is 1.67. The summed E-state index contributed by atoms with van der Waals surface area (Å²) in [4.78, 5) is 0. The molecule has 0 N–H and O–H groups in total. The van der Waals surface area contributed by atoms with Crippen LogP contribution in [0.5, 0.6) is 0 Å². The Bertz CT molecular complexity index is 433. The molecule has 0 heterocycles. The Hall–Kier alpha value is 0.388. The van der Waals surface area contributed by atoms with Gasteiger partial charge in [-0.2, -0.15) is 48.2 Å². The molecule has 0 aliphatic heterocycles. The summed E-state index contributed by atoms with van der Waals surface area (Å²) in [6, 6.07) is 16.1. The predicted molar refractivity (Wildman–Crippen MR) is 103 cm³/mol. The van der Waals surface area contributed by atoms with E-state index in [9.17, 15) is 0 Å². The van der Waals surface area contributed by atoms with Gasteiger partial charge in [-0.15, -0.1) is 24.3 Å². The molecule has 2 heteroatoms. The van der Waals surface area contributed by atoms with E-state index in [1.54, 1.807) is 0 Å². The Morgan fingerprint density at radius 1 is 0.583 bits per heavy atom. The summed E-state index contributed by atoms with van der Waals surface area (Å²) in [5.74, 6) is 0. The molecular formula is C22H32Y2-4. The summed E-state index contributed by atoms with van der Waals surface area (Å²) in [6.45, 7) is 23.3. The van der Waals surface area contributed by atoms with Crippen LogP contribution in [0.25, 0.3) is 0 Å². The molecule has 0 atom stereocenters. The number of hydrogen-bond donors (Lipinski definition) is 0. The van der Waals surface area contributed by atoms with Crippen LogP contribution < -0.4 is 0 Å². The second kappa shape index (κ2) is 23.4. The molecule has 0 aromatic heterocycles. The summed E-state index contributed by atoms with van der Waals surface area (Å²) in [7, 11) is 0. The van der Waals surface area contributed by atoms with E-state index >= 15 is 0 Å². The Morgan fingerprint density at radius 3 is 1.00 bits per heavy atom. The quantitative estimate of drug-likeness (QED) is 0.434. The van der Waals surface area contributed by atoms with Gasteiger partial charge in [-0.05, 0) is 0 Å². The first-order valence-electron chi connectivity index (χ1n) is 8.07. The maximum atomic E-state index is 3.85. The van der Waals surface area contributed by atoms with Crippen LogP contribution in [-0.4, -0.2) is 0 Å². The third-order valence-electron chi connectivity index (χ3n) is 2.78. The van der Waals surface area contributed by atoms with Crippen molar-refractivity contribution in [2.75, 3.05) is 0 Å². The van der Waals surface area contributed by atoms with Gasteiger partial charge in [0, 0.05) is 65.4 Å². The Balaban J connectivity index is -0.000000129. The molecule has 0 nitrogen and oxygen atoms in total. The van der Waals surface area contributed by atoms with E-state index in [1.807, 2.05) is 64.1 Å². The first-order chi connectivity index (χ1) is 10.7. The number of hydrogen-bond acceptors (Lipinski definition) is 0. The van der Waals surface area contributed by atoms with Crippen LogP contribution in [0.1, 0.15) is 49.9 Å². The monoisotopic (exact) mass is 474 g/mol. The van der Waals surface area contributed by atoms with Crippen molar-refractivity contribution in [2.45, 2.75) is 40.5 Å². The maximum Gasteiger partial charge on any atom is 0 e. The first kappa shape index (κ1) is 32.1. The average Bonchev–Trinajstić information content (AvgIpc) is 2.60. The van der Waals surface area contributed by atoms with Crippen LogP contribution in [0.15, 0.2) is 48.5 Å². The van der Waals surface area contributed by atoms with Gasteiger partial charge in [0.2, 0.25) is 0 Å². The van der Waals surface area contributed by atoms with E-state index in [2.05, 4.69) is 39.8 Å². The normalized spacial score (nSPS) is 7.58. The number of benzene rings is 2. The van der Waals surface area contributed by atoms with Crippen LogP contribution in [-0.2, 0) is 78.3 Å². The van der Waals surface area contributed by atoms with Crippen LogP contribution in [0.3, 0.4) is 0 Å². The third kappa shape index (κ3) is 14.7. The molecule has 2 aromatic rings. The van der Waals surface area contributed by atoms with Gasteiger partial charge >= 0.3 is 0 Å². The summed E-state index contributed by atoms with van der Waals surface area (Å²) >= 11 is 0. The smallest absolute Gasteiger partial charge is 0 e. The minimum Gasteiger partial charge on any atom is -0.350 e. The van der Waals surface area contributed by atoms with E-state index in [4.69, 9.17) is 0 Å². The zero-order valence-corrected chi connectivity index (χ0v) is 21.7. The van der Waals surface area contributed by atoms with Gasteiger partial charge in [0.25, 0.3) is 0 Å². The van der Waals surface area contributed by atoms with Gasteiger partial charge < -0.3 is 13.8 Å². The Labute approximate surface area is 202 Å². The van der Waals surface area contributed by atoms with Crippen LogP contribution in [0, 0.1) is 27.7 Å². The van der Waals surface area contributed by atoms with Gasteiger partial charge in [-0.1, -0.05) is 39.8 Å². The van der Waals surface area contributed by atoms with E-state index in [0.717, 1.165) is 24.0 Å². The second-order valence-corrected chi connectivity index (χ2v) is 4.04. The molecule has 2 aromatic carbocycles. The average molecular weight is 474 g/mol. The standard InChI is InChI=1S/2C9H10.2C2H6.2Y/c2*1-3-9-7-5-4-6-8(9)2;2*1-2;;/h2*4-7H,1-3H2;2*1-2H3;;/q2*-2;;;;. The van der Waals surface area contributed by atoms with E-state index < -0.39 is 0 Å². The molecule has 0 unspecified atom stereocenters. The van der Waals surface area contributed by atoms with Crippen molar-refractivity contribution in [3.05, 3.63) is 98.5 Å². The molecule has 0 amide bonds. The van der Waals surface area contributed by atoms with Crippen molar-refractivity contribution in [2.24, 2.45) is 0 Å². The van der Waals surface area contributed by atoms with Crippen molar-refractivity contribution < 1.29 is 65.4 Å². The summed E-state index contributed by atoms with van der Waals surface area (Å²) in [5.41, 5.74) is 4.65. The predicted octanol–water partition coefficient (Wildman–Crippen LogP) is 6.54. The molecule has 0 saturated heterocycles. The van der Waals surface area contributed by atoms with Gasteiger partial charge in [0.05, 0.1) is 0 Å². The fourth-order valence-corrected chi connectivity index (χ4v) is 1.60. The first-order valence-corrected chi connectivity index (χ1v) is 8.07. The molecule has 2 radical (unpaired) electrons. The summed E-state index contributed by atoms with van der Waals surface area (Å²) < 4.78 is 0. The zero-order chi connectivity index (χ0) is 17.4. The summed E-state index contributed by atoms with van der Waals surface area (Å²) in [5, 5.41) is 0. The number of rotatable bonds is 2. The minimum absolute atomic E-state index is 0. The van der Waals surface area contributed by atoms with Crippen LogP contribution in [0.4, 0.5) is 0 Å². The van der Waals surface area contributed by atoms with Crippen molar-refractivity contribution in [1.29, 1.82) is 0 Å². The zero-order valence-electron chi connectivity index (χ0n) is 16.0. The minimum atomic E-state index is 0. The Kier molecular flexibility index (Phi) is 31.3. The second-order valence-electron chi connectivity index (χ2n) is 4.04. The van der Waals surface area contributed by atoms with Crippen molar-refractivity contribution in [3.8, 4) is 0 Å². The molecule has 0 fully saturated rings. The molecular weight excluding hydrogens is 442 g/mol. The SMILES string of the molecule is CC.CC.[CH2-]Cc1ccccc1[CH2-].[CH2-]Cc1ccccc1[CH2-].[Y].[Y]. The molecule has 0 aliphatic carbocycles. The molecule has 24 heavy (non-hydrogen) atoms. The van der Waals surface area contributed by atoms with E-state index in [1.165, 1.54) is 11.1 Å². The molecule has 130 valence electrons. The molecule has 0 bridgehead atoms. The van der Waals surface area contributed by atoms with Crippen molar-refractivity contribution in [3.63, 3.8) is 0 Å². The van der Waals surface area contributed by atoms with Crippen LogP contribution in [0.2, 0.25) is 0 Å². The van der Waals surface area contributed by atoms with E-state index in [-0.39, 0.29) is 65.4 Å². The van der Waals surface area contributed by atoms with E-state index in [0.29, 0.717) is 0 Å². The topological polar surface area (TPSA) is 0 Å². The van der Waals surface area contributed by atoms with Crippen LogP contribution >= 0.6 is 0 Å². The van der Waals surface area contributed by atoms with Gasteiger partial charge in [-0.25, -0.2) is 12.8 Å². The van der Waals surface area contributed by atoms with Gasteiger partial charge in [0.1, 0.15) is 0 Å². The van der Waals surface area contributed by atoms with Gasteiger partial charge in [-0.3, -0.25) is 0 Å². The molecule has 0 spiro atoms. The largest absolute Gasteiger partial charge is 0.350 e. The van der Waals surface area contributed by atoms with Crippen molar-refractivity contribution in [1.82, 2.24) is 0 Å². The molecule has 2 rings (SSSR count). The fourth-order valence-electron chi connectivity index (χ4n) is 1.60. The molecule has 0 aliphatic rings. The fraction of sp³-hybridized carbons (Fsp3) is 0.273. The maximum absolute atomic E-state index is 3.85. The van der Waals surface area contributed by atoms with Gasteiger partial charge in [0.15, 0.2) is 0 Å². The third-order valence-corrected chi connectivity index (χ3v) is 2.78. The molecule has 0 saturated carbocycles. The Morgan fingerprint density at radius 2 is 0.833 bits per heavy atom. The van der Waals surface area contributed by atoms with Crippen molar-refractivity contribution >= 4 is 0 Å².